The highest BCUT2D eigenvalue weighted by atomic mass is 35.5. The van der Waals surface area contributed by atoms with E-state index in [4.69, 9.17) is 17.0 Å². The Bertz CT molecular complexity index is 1050. The van der Waals surface area contributed by atoms with Crippen molar-refractivity contribution in [1.82, 2.24) is 9.97 Å². The Morgan fingerprint density at radius 2 is 2.00 bits per heavy atom. The lowest BCUT2D eigenvalue weighted by molar-refractivity contribution is -0.384. The summed E-state index contributed by atoms with van der Waals surface area (Å²) in [7, 11) is 0. The van der Waals surface area contributed by atoms with Gasteiger partial charge >= 0.3 is 0 Å². The standard InChI is InChI=1S/C20H17ClN4O3/c1-2-14(20-23-11-17(24-20)12-6-4-3-5-7-12)18(22)19(26)15-9-8-13(25(27)28)10-16(15)21/h3-11,14,22H,2H2,1H3,(H,23,24). The van der Waals surface area contributed by atoms with E-state index in [1.165, 1.54) is 12.1 Å². The number of benzene rings is 2. The summed E-state index contributed by atoms with van der Waals surface area (Å²) in [5.41, 5.74) is 1.42. The third-order valence-corrected chi connectivity index (χ3v) is 4.73. The van der Waals surface area contributed by atoms with Gasteiger partial charge in [-0.25, -0.2) is 4.98 Å². The van der Waals surface area contributed by atoms with Crippen LogP contribution in [-0.2, 0) is 0 Å². The summed E-state index contributed by atoms with van der Waals surface area (Å²) in [6, 6.07) is 13.2. The van der Waals surface area contributed by atoms with Crippen LogP contribution in [0.1, 0.15) is 35.4 Å². The molecule has 28 heavy (non-hydrogen) atoms. The predicted octanol–water partition coefficient (Wildman–Crippen LogP) is 5.03. The average molecular weight is 397 g/mol. The number of nitrogens with zero attached hydrogens (tertiary/aromatic N) is 2. The molecular weight excluding hydrogens is 380 g/mol. The lowest BCUT2D eigenvalue weighted by Crippen LogP contribution is -2.22. The number of imidazole rings is 1. The second kappa shape index (κ2) is 8.14. The molecule has 3 aromatic rings. The van der Waals surface area contributed by atoms with Crippen LogP contribution in [-0.4, -0.2) is 26.4 Å². The van der Waals surface area contributed by atoms with Gasteiger partial charge < -0.3 is 10.4 Å². The van der Waals surface area contributed by atoms with Gasteiger partial charge in [-0.05, 0) is 18.1 Å². The van der Waals surface area contributed by atoms with Gasteiger partial charge in [0.1, 0.15) is 5.82 Å². The Kier molecular flexibility index (Phi) is 5.65. The van der Waals surface area contributed by atoms with E-state index in [9.17, 15) is 14.9 Å². The summed E-state index contributed by atoms with van der Waals surface area (Å²) in [4.78, 5) is 30.6. The van der Waals surface area contributed by atoms with Gasteiger partial charge in [0.05, 0.1) is 33.5 Å². The molecule has 0 aliphatic carbocycles. The molecule has 0 aliphatic rings. The third kappa shape index (κ3) is 3.84. The maximum absolute atomic E-state index is 12.8. The first kappa shape index (κ1) is 19.4. The molecule has 1 aromatic heterocycles. The molecule has 8 heteroatoms. The highest BCUT2D eigenvalue weighted by Gasteiger charge is 2.27. The van der Waals surface area contributed by atoms with Crippen molar-refractivity contribution in [1.29, 1.82) is 5.41 Å². The SMILES string of the molecule is CCC(C(=N)C(=O)c1ccc([N+](=O)[O-])cc1Cl)c1ncc(-c2ccccc2)[nH]1. The number of ketones is 1. The number of nitro groups is 1. The van der Waals surface area contributed by atoms with Crippen LogP contribution >= 0.6 is 11.6 Å². The topological polar surface area (TPSA) is 113 Å². The molecule has 1 unspecified atom stereocenters. The lowest BCUT2D eigenvalue weighted by atomic mass is 9.93. The third-order valence-electron chi connectivity index (χ3n) is 4.42. The zero-order valence-corrected chi connectivity index (χ0v) is 15.7. The maximum Gasteiger partial charge on any atom is 0.270 e. The number of non-ortho nitro benzene ring substituents is 1. The molecule has 0 amide bonds. The number of nitrogens with one attached hydrogen (secondary N) is 2. The summed E-state index contributed by atoms with van der Waals surface area (Å²) in [6.07, 6.45) is 2.15. The number of carbonyl (C=O) groups excluding carboxylic acids is 1. The molecular formula is C20H17ClN4O3. The Morgan fingerprint density at radius 1 is 1.29 bits per heavy atom. The highest BCUT2D eigenvalue weighted by molar-refractivity contribution is 6.49. The number of Topliss-reactive ketones (excluding diaryl/α,β-unsaturated/α-hetero) is 1. The predicted molar refractivity (Wildman–Crippen MR) is 107 cm³/mol. The van der Waals surface area contributed by atoms with Crippen molar-refractivity contribution in [3.8, 4) is 11.3 Å². The van der Waals surface area contributed by atoms with Crippen LogP contribution in [0.4, 0.5) is 5.69 Å². The van der Waals surface area contributed by atoms with Gasteiger partial charge in [0.25, 0.3) is 5.69 Å². The number of aromatic nitrogens is 2. The molecule has 0 bridgehead atoms. The lowest BCUT2D eigenvalue weighted by Gasteiger charge is -2.14. The summed E-state index contributed by atoms with van der Waals surface area (Å²) in [6.45, 7) is 1.86. The van der Waals surface area contributed by atoms with E-state index in [1.807, 2.05) is 37.3 Å². The van der Waals surface area contributed by atoms with Crippen molar-refractivity contribution < 1.29 is 9.72 Å². The van der Waals surface area contributed by atoms with Crippen molar-refractivity contribution >= 4 is 28.8 Å². The highest BCUT2D eigenvalue weighted by Crippen LogP contribution is 2.27. The maximum atomic E-state index is 12.8. The van der Waals surface area contributed by atoms with Crippen LogP contribution in [0.3, 0.4) is 0 Å². The number of aromatic amines is 1. The van der Waals surface area contributed by atoms with Gasteiger partial charge in [-0.15, -0.1) is 0 Å². The fourth-order valence-corrected chi connectivity index (χ4v) is 3.18. The zero-order valence-electron chi connectivity index (χ0n) is 15.0. The molecule has 0 aliphatic heterocycles. The second-order valence-electron chi connectivity index (χ2n) is 6.17. The smallest absolute Gasteiger partial charge is 0.270 e. The van der Waals surface area contributed by atoms with Crippen LogP contribution in [0.2, 0.25) is 5.02 Å². The van der Waals surface area contributed by atoms with Crippen molar-refractivity contribution in [3.05, 3.63) is 81.3 Å². The molecule has 0 radical (unpaired) electrons. The molecule has 1 atom stereocenters. The number of H-pyrrole nitrogens is 1. The molecule has 1 heterocycles. The molecule has 7 nitrogen and oxygen atoms in total. The normalized spacial score (nSPS) is 11.8. The van der Waals surface area contributed by atoms with Crippen LogP contribution in [0, 0.1) is 15.5 Å². The minimum absolute atomic E-state index is 0.0526. The van der Waals surface area contributed by atoms with Crippen LogP contribution in [0.25, 0.3) is 11.3 Å². The number of rotatable bonds is 7. The van der Waals surface area contributed by atoms with E-state index in [-0.39, 0.29) is 22.0 Å². The van der Waals surface area contributed by atoms with Gasteiger partial charge in [0, 0.05) is 17.7 Å². The average Bonchev–Trinajstić information content (AvgIpc) is 3.18. The van der Waals surface area contributed by atoms with E-state index < -0.39 is 16.6 Å². The molecule has 0 saturated heterocycles. The van der Waals surface area contributed by atoms with Crippen LogP contribution in [0.15, 0.2) is 54.7 Å². The van der Waals surface area contributed by atoms with E-state index >= 15 is 0 Å². The molecule has 142 valence electrons. The Morgan fingerprint density at radius 3 is 2.61 bits per heavy atom. The largest absolute Gasteiger partial charge is 0.341 e. The van der Waals surface area contributed by atoms with Gasteiger partial charge in [-0.1, -0.05) is 48.9 Å². The Labute approximate surface area is 166 Å². The summed E-state index contributed by atoms with van der Waals surface area (Å²) < 4.78 is 0. The summed E-state index contributed by atoms with van der Waals surface area (Å²) >= 11 is 6.05. The van der Waals surface area contributed by atoms with E-state index in [2.05, 4.69) is 9.97 Å². The molecule has 0 fully saturated rings. The van der Waals surface area contributed by atoms with Crippen LogP contribution in [0.5, 0.6) is 0 Å². The molecule has 2 aromatic carbocycles. The summed E-state index contributed by atoms with van der Waals surface area (Å²) in [5, 5.41) is 19.2. The minimum Gasteiger partial charge on any atom is -0.341 e. The van der Waals surface area contributed by atoms with Gasteiger partial charge in [0.2, 0.25) is 5.78 Å². The van der Waals surface area contributed by atoms with Crippen molar-refractivity contribution in [2.24, 2.45) is 0 Å². The van der Waals surface area contributed by atoms with Crippen LogP contribution < -0.4 is 0 Å². The summed E-state index contributed by atoms with van der Waals surface area (Å²) in [5.74, 6) is -0.613. The number of hydrogen-bond acceptors (Lipinski definition) is 5. The second-order valence-corrected chi connectivity index (χ2v) is 6.58. The fraction of sp³-hybridized carbons (Fsp3) is 0.150. The van der Waals surface area contributed by atoms with Gasteiger partial charge in [0.15, 0.2) is 0 Å². The zero-order chi connectivity index (χ0) is 20.3. The van der Waals surface area contributed by atoms with Crippen molar-refractivity contribution in [3.63, 3.8) is 0 Å². The first-order chi connectivity index (χ1) is 13.4. The van der Waals surface area contributed by atoms with E-state index in [1.54, 1.807) is 6.20 Å². The van der Waals surface area contributed by atoms with Gasteiger partial charge in [-0.2, -0.15) is 0 Å². The minimum atomic E-state index is -0.589. The first-order valence-electron chi connectivity index (χ1n) is 8.59. The number of halogens is 1. The number of carbonyl (C=O) groups is 1. The van der Waals surface area contributed by atoms with E-state index in [0.717, 1.165) is 17.3 Å². The quantitative estimate of drug-likeness (QED) is 0.252. The molecule has 0 saturated carbocycles. The van der Waals surface area contributed by atoms with E-state index in [0.29, 0.717) is 12.2 Å². The van der Waals surface area contributed by atoms with Crippen molar-refractivity contribution in [2.75, 3.05) is 0 Å². The first-order valence-corrected chi connectivity index (χ1v) is 8.97. The fourth-order valence-electron chi connectivity index (χ4n) is 2.92. The molecule has 3 rings (SSSR count). The molecule has 0 spiro atoms. The molecule has 2 N–H and O–H groups in total. The monoisotopic (exact) mass is 396 g/mol. The van der Waals surface area contributed by atoms with Gasteiger partial charge in [-0.3, -0.25) is 14.9 Å². The Balaban J connectivity index is 1.87. The number of hydrogen-bond donors (Lipinski definition) is 2. The van der Waals surface area contributed by atoms with Crippen molar-refractivity contribution in [2.45, 2.75) is 19.3 Å². The Hall–Kier alpha value is -3.32. The number of nitro benzene ring substituents is 1.